The fourth-order valence-electron chi connectivity index (χ4n) is 2.36. The summed E-state index contributed by atoms with van der Waals surface area (Å²) in [4.78, 5) is 35.4. The van der Waals surface area contributed by atoms with Crippen LogP contribution >= 0.6 is 15.9 Å². The molecule has 0 saturated carbocycles. The molecule has 0 unspecified atom stereocenters. The molecule has 2 aromatic carbocycles. The molecule has 0 radical (unpaired) electrons. The van der Waals surface area contributed by atoms with Crippen LogP contribution in [0.25, 0.3) is 0 Å². The van der Waals surface area contributed by atoms with Gasteiger partial charge in [0.2, 0.25) is 0 Å². The third-order valence-electron chi connectivity index (χ3n) is 3.67. The first kappa shape index (κ1) is 20.2. The normalized spacial score (nSPS) is 10.2. The van der Waals surface area contributed by atoms with Crippen molar-refractivity contribution in [1.82, 2.24) is 0 Å². The van der Waals surface area contributed by atoms with Crippen molar-refractivity contribution >= 4 is 45.0 Å². The Labute approximate surface area is 174 Å². The summed E-state index contributed by atoms with van der Waals surface area (Å²) in [6.07, 6.45) is 0. The number of hydrogen-bond acceptors (Lipinski definition) is 5. The van der Waals surface area contributed by atoms with E-state index in [-0.39, 0.29) is 18.3 Å². The lowest BCUT2D eigenvalue weighted by Gasteiger charge is -2.09. The number of amides is 3. The van der Waals surface area contributed by atoms with Crippen molar-refractivity contribution in [3.05, 3.63) is 76.7 Å². The summed E-state index contributed by atoms with van der Waals surface area (Å²) in [5.74, 6) is -0.761. The van der Waals surface area contributed by atoms with Gasteiger partial charge in [0, 0.05) is 16.9 Å². The van der Waals surface area contributed by atoms with Crippen LogP contribution in [-0.2, 0) is 4.79 Å². The predicted octanol–water partition coefficient (Wildman–Crippen LogP) is 3.41. The van der Waals surface area contributed by atoms with E-state index in [9.17, 15) is 14.4 Å². The second-order valence-electron chi connectivity index (χ2n) is 5.87. The second kappa shape index (κ2) is 9.07. The van der Waals surface area contributed by atoms with Gasteiger partial charge in [0.25, 0.3) is 17.7 Å². The minimum atomic E-state index is -0.575. The van der Waals surface area contributed by atoms with Gasteiger partial charge in [-0.05, 0) is 70.5 Å². The van der Waals surface area contributed by atoms with Gasteiger partial charge >= 0.3 is 0 Å². The van der Waals surface area contributed by atoms with Crippen molar-refractivity contribution in [3.8, 4) is 5.75 Å². The monoisotopic (exact) mass is 457 g/mol. The zero-order chi connectivity index (χ0) is 20.8. The zero-order valence-electron chi connectivity index (χ0n) is 15.0. The van der Waals surface area contributed by atoms with Gasteiger partial charge in [-0.2, -0.15) is 0 Å². The molecule has 29 heavy (non-hydrogen) atoms. The van der Waals surface area contributed by atoms with E-state index in [1.165, 1.54) is 6.07 Å². The Hall–Kier alpha value is -3.59. The van der Waals surface area contributed by atoms with E-state index in [0.717, 1.165) is 0 Å². The number of hydrogen-bond donors (Lipinski definition) is 3. The number of furan rings is 1. The lowest BCUT2D eigenvalue weighted by Crippen LogP contribution is -2.20. The number of ether oxygens (including phenoxy) is 1. The maximum Gasteiger partial charge on any atom is 0.291 e. The lowest BCUT2D eigenvalue weighted by atomic mass is 10.1. The van der Waals surface area contributed by atoms with Crippen LogP contribution in [0.4, 0.5) is 11.4 Å². The molecule has 9 heteroatoms. The lowest BCUT2D eigenvalue weighted by molar-refractivity contribution is -0.119. The first-order valence-corrected chi connectivity index (χ1v) is 9.19. The van der Waals surface area contributed by atoms with Gasteiger partial charge in [-0.15, -0.1) is 0 Å². The van der Waals surface area contributed by atoms with E-state index < -0.39 is 11.8 Å². The first-order valence-electron chi connectivity index (χ1n) is 8.40. The molecular formula is C20H16BrN3O5. The minimum absolute atomic E-state index is 0.144. The van der Waals surface area contributed by atoms with E-state index in [4.69, 9.17) is 14.9 Å². The van der Waals surface area contributed by atoms with Gasteiger partial charge < -0.3 is 25.5 Å². The molecule has 0 bridgehead atoms. The maximum absolute atomic E-state index is 12.5. The van der Waals surface area contributed by atoms with E-state index in [0.29, 0.717) is 27.4 Å². The molecule has 0 spiro atoms. The van der Waals surface area contributed by atoms with Crippen molar-refractivity contribution in [2.45, 2.75) is 0 Å². The quantitative estimate of drug-likeness (QED) is 0.501. The number of nitrogens with one attached hydrogen (secondary N) is 2. The molecular weight excluding hydrogens is 442 g/mol. The van der Waals surface area contributed by atoms with Crippen LogP contribution in [0.3, 0.4) is 0 Å². The van der Waals surface area contributed by atoms with Crippen LogP contribution in [0.15, 0.2) is 69.8 Å². The molecule has 148 valence electrons. The number of halogens is 1. The fraction of sp³-hybridized carbons (Fsp3) is 0.0500. The summed E-state index contributed by atoms with van der Waals surface area (Å²) < 4.78 is 10.8. The maximum atomic E-state index is 12.5. The first-order chi connectivity index (χ1) is 13.9. The zero-order valence-corrected chi connectivity index (χ0v) is 16.6. The molecule has 0 aliphatic heterocycles. The molecule has 1 aromatic heterocycles. The Balaban J connectivity index is 1.63. The summed E-state index contributed by atoms with van der Waals surface area (Å²) in [5.41, 5.74) is 6.37. The van der Waals surface area contributed by atoms with Crippen LogP contribution in [0.2, 0.25) is 0 Å². The average molecular weight is 458 g/mol. The predicted molar refractivity (Wildman–Crippen MR) is 110 cm³/mol. The number of carbonyl (C=O) groups is 3. The van der Waals surface area contributed by atoms with Gasteiger partial charge in [-0.25, -0.2) is 0 Å². The van der Waals surface area contributed by atoms with Crippen LogP contribution in [0, 0.1) is 0 Å². The highest BCUT2D eigenvalue weighted by atomic mass is 79.9. The minimum Gasteiger partial charge on any atom is -0.484 e. The number of carbonyl (C=O) groups excluding carboxylic acids is 3. The summed E-state index contributed by atoms with van der Waals surface area (Å²) in [7, 11) is 0. The van der Waals surface area contributed by atoms with Gasteiger partial charge in [0.1, 0.15) is 5.75 Å². The van der Waals surface area contributed by atoms with Crippen molar-refractivity contribution in [2.75, 3.05) is 17.2 Å². The number of benzene rings is 2. The highest BCUT2D eigenvalue weighted by Gasteiger charge is 2.12. The highest BCUT2D eigenvalue weighted by Crippen LogP contribution is 2.19. The Morgan fingerprint density at radius 2 is 1.66 bits per heavy atom. The van der Waals surface area contributed by atoms with E-state index in [1.54, 1.807) is 54.6 Å². The Morgan fingerprint density at radius 1 is 0.931 bits per heavy atom. The Kier molecular flexibility index (Phi) is 6.30. The number of anilines is 2. The molecule has 4 N–H and O–H groups in total. The molecule has 3 amide bonds. The molecule has 0 saturated heterocycles. The van der Waals surface area contributed by atoms with Gasteiger partial charge in [0.15, 0.2) is 17.0 Å². The van der Waals surface area contributed by atoms with Crippen molar-refractivity contribution in [1.29, 1.82) is 0 Å². The average Bonchev–Trinajstić information content (AvgIpc) is 3.14. The SMILES string of the molecule is NC(=O)COc1ccc(NC(=O)c2cccc(NC(=O)c3ccc(Br)o3)c2)cc1. The molecule has 0 aliphatic rings. The third kappa shape index (κ3) is 5.69. The van der Waals surface area contributed by atoms with Gasteiger partial charge in [-0.3, -0.25) is 14.4 Å². The van der Waals surface area contributed by atoms with Crippen LogP contribution in [-0.4, -0.2) is 24.3 Å². The van der Waals surface area contributed by atoms with Crippen LogP contribution in [0.1, 0.15) is 20.9 Å². The fourth-order valence-corrected chi connectivity index (χ4v) is 2.67. The number of primary amides is 1. The van der Waals surface area contributed by atoms with Crippen LogP contribution < -0.4 is 21.1 Å². The third-order valence-corrected chi connectivity index (χ3v) is 4.10. The standard InChI is InChI=1S/C20H16BrN3O5/c21-17-9-8-16(29-17)20(27)24-14-3-1-2-12(10-14)19(26)23-13-4-6-15(7-5-13)28-11-18(22)25/h1-10H,11H2,(H2,22,25)(H,23,26)(H,24,27). The topological polar surface area (TPSA) is 124 Å². The molecule has 0 aliphatic carbocycles. The van der Waals surface area contributed by atoms with E-state index in [1.807, 2.05) is 0 Å². The van der Waals surface area contributed by atoms with Crippen molar-refractivity contribution in [3.63, 3.8) is 0 Å². The summed E-state index contributed by atoms with van der Waals surface area (Å²) in [6, 6.07) is 16.1. The number of rotatable bonds is 7. The second-order valence-corrected chi connectivity index (χ2v) is 6.65. The molecule has 3 aromatic rings. The molecule has 0 fully saturated rings. The van der Waals surface area contributed by atoms with E-state index >= 15 is 0 Å². The van der Waals surface area contributed by atoms with Crippen molar-refractivity contribution in [2.24, 2.45) is 5.73 Å². The van der Waals surface area contributed by atoms with Crippen molar-refractivity contribution < 1.29 is 23.5 Å². The smallest absolute Gasteiger partial charge is 0.291 e. The Morgan fingerprint density at radius 3 is 2.31 bits per heavy atom. The van der Waals surface area contributed by atoms with Gasteiger partial charge in [-0.1, -0.05) is 6.07 Å². The highest BCUT2D eigenvalue weighted by molar-refractivity contribution is 9.10. The Bertz CT molecular complexity index is 1050. The number of nitrogens with two attached hydrogens (primary N) is 1. The molecule has 3 rings (SSSR count). The summed E-state index contributed by atoms with van der Waals surface area (Å²) in [5, 5.41) is 5.42. The molecule has 1 heterocycles. The van der Waals surface area contributed by atoms with Gasteiger partial charge in [0.05, 0.1) is 0 Å². The largest absolute Gasteiger partial charge is 0.484 e. The molecule has 0 atom stereocenters. The summed E-state index contributed by atoms with van der Waals surface area (Å²) in [6.45, 7) is -0.223. The van der Waals surface area contributed by atoms with Crippen LogP contribution in [0.5, 0.6) is 5.75 Å². The summed E-state index contributed by atoms with van der Waals surface area (Å²) >= 11 is 3.14. The van der Waals surface area contributed by atoms with E-state index in [2.05, 4.69) is 26.6 Å². The molecule has 8 nitrogen and oxygen atoms in total.